The lowest BCUT2D eigenvalue weighted by molar-refractivity contribution is 0.120. The maximum Gasteiger partial charge on any atom is 0.129 e. The molecule has 2 atom stereocenters. The number of hydrogen-bond donors (Lipinski definition) is 2. The largest absolute Gasteiger partial charge is 0.392 e. The van der Waals surface area contributed by atoms with Crippen LogP contribution in [-0.4, -0.2) is 17.8 Å². The van der Waals surface area contributed by atoms with Crippen LogP contribution in [0.15, 0.2) is 18.2 Å². The summed E-state index contributed by atoms with van der Waals surface area (Å²) in [5.41, 5.74) is 5.85. The summed E-state index contributed by atoms with van der Waals surface area (Å²) in [6.07, 6.45) is -0.168. The molecule has 0 aliphatic heterocycles. The normalized spacial score (nSPS) is 15.0. The molecule has 0 fully saturated rings. The van der Waals surface area contributed by atoms with Gasteiger partial charge in [0, 0.05) is 18.5 Å². The Morgan fingerprint density at radius 2 is 1.94 bits per heavy atom. The average Bonchev–Trinajstić information content (AvgIpc) is 2.21. The van der Waals surface area contributed by atoms with Gasteiger partial charge in [0.2, 0.25) is 0 Å². The standard InChI is InChI=1S/C13H19F2NO/c1-8(2)5-13(17)11(7-16)10-4-3-9(14)6-12(10)15/h3-4,6,8,11,13,17H,5,7,16H2,1-2H3. The smallest absolute Gasteiger partial charge is 0.129 e. The summed E-state index contributed by atoms with van der Waals surface area (Å²) in [6, 6.07) is 3.36. The van der Waals surface area contributed by atoms with Crippen LogP contribution in [0.4, 0.5) is 8.78 Å². The van der Waals surface area contributed by atoms with Gasteiger partial charge in [-0.25, -0.2) is 8.78 Å². The van der Waals surface area contributed by atoms with E-state index in [4.69, 9.17) is 5.73 Å². The second-order valence-electron chi connectivity index (χ2n) is 4.70. The highest BCUT2D eigenvalue weighted by Gasteiger charge is 2.23. The molecule has 0 saturated heterocycles. The summed E-state index contributed by atoms with van der Waals surface area (Å²) < 4.78 is 26.4. The number of nitrogens with two attached hydrogens (primary N) is 1. The number of benzene rings is 1. The highest BCUT2D eigenvalue weighted by molar-refractivity contribution is 5.24. The lowest BCUT2D eigenvalue weighted by atomic mass is 9.88. The molecule has 0 amide bonds. The molecule has 0 aliphatic rings. The van der Waals surface area contributed by atoms with Gasteiger partial charge >= 0.3 is 0 Å². The highest BCUT2D eigenvalue weighted by Crippen LogP contribution is 2.25. The van der Waals surface area contributed by atoms with Gasteiger partial charge in [-0.2, -0.15) is 0 Å². The summed E-state index contributed by atoms with van der Waals surface area (Å²) in [7, 11) is 0. The molecule has 0 spiro atoms. The summed E-state index contributed by atoms with van der Waals surface area (Å²) in [4.78, 5) is 0. The molecular formula is C13H19F2NO. The van der Waals surface area contributed by atoms with Gasteiger partial charge in [0.05, 0.1) is 6.10 Å². The van der Waals surface area contributed by atoms with Gasteiger partial charge in [-0.1, -0.05) is 19.9 Å². The molecule has 0 aliphatic carbocycles. The van der Waals surface area contributed by atoms with Gasteiger partial charge in [-0.3, -0.25) is 0 Å². The number of halogens is 2. The van der Waals surface area contributed by atoms with Crippen LogP contribution in [0.2, 0.25) is 0 Å². The van der Waals surface area contributed by atoms with Crippen LogP contribution < -0.4 is 5.73 Å². The number of rotatable bonds is 5. The molecule has 3 N–H and O–H groups in total. The summed E-state index contributed by atoms with van der Waals surface area (Å²) >= 11 is 0. The topological polar surface area (TPSA) is 46.2 Å². The van der Waals surface area contributed by atoms with Gasteiger partial charge < -0.3 is 10.8 Å². The Bertz CT molecular complexity index is 368. The minimum Gasteiger partial charge on any atom is -0.392 e. The van der Waals surface area contributed by atoms with E-state index >= 15 is 0 Å². The zero-order chi connectivity index (χ0) is 13.0. The van der Waals surface area contributed by atoms with Crippen LogP contribution in [0.25, 0.3) is 0 Å². The first kappa shape index (κ1) is 14.1. The molecule has 1 aromatic carbocycles. The zero-order valence-corrected chi connectivity index (χ0v) is 10.2. The predicted octanol–water partition coefficient (Wildman–Crippen LogP) is 2.41. The monoisotopic (exact) mass is 243 g/mol. The fraction of sp³-hybridized carbons (Fsp3) is 0.538. The van der Waals surface area contributed by atoms with Crippen LogP contribution in [0.1, 0.15) is 31.7 Å². The minimum absolute atomic E-state index is 0.135. The second-order valence-corrected chi connectivity index (χ2v) is 4.70. The maximum atomic E-state index is 13.6. The van der Waals surface area contributed by atoms with E-state index < -0.39 is 23.7 Å². The molecule has 1 aromatic rings. The quantitative estimate of drug-likeness (QED) is 0.834. The van der Waals surface area contributed by atoms with Crippen molar-refractivity contribution in [2.24, 2.45) is 11.7 Å². The van der Waals surface area contributed by atoms with Crippen molar-refractivity contribution in [3.8, 4) is 0 Å². The molecule has 4 heteroatoms. The van der Waals surface area contributed by atoms with E-state index in [0.29, 0.717) is 12.3 Å². The molecular weight excluding hydrogens is 224 g/mol. The van der Waals surface area contributed by atoms with Crippen molar-refractivity contribution >= 4 is 0 Å². The lowest BCUT2D eigenvalue weighted by Crippen LogP contribution is -2.28. The first-order valence-corrected chi connectivity index (χ1v) is 5.78. The van der Waals surface area contributed by atoms with Crippen molar-refractivity contribution in [3.05, 3.63) is 35.4 Å². The van der Waals surface area contributed by atoms with Gasteiger partial charge in [-0.15, -0.1) is 0 Å². The SMILES string of the molecule is CC(C)CC(O)C(CN)c1ccc(F)cc1F. The van der Waals surface area contributed by atoms with Crippen molar-refractivity contribution in [1.82, 2.24) is 0 Å². The molecule has 0 heterocycles. The van der Waals surface area contributed by atoms with Crippen LogP contribution >= 0.6 is 0 Å². The molecule has 0 bridgehead atoms. The Labute approximate surface area is 100 Å². The van der Waals surface area contributed by atoms with Crippen molar-refractivity contribution < 1.29 is 13.9 Å². The molecule has 2 nitrogen and oxygen atoms in total. The minimum atomic E-state index is -0.708. The predicted molar refractivity (Wildman–Crippen MR) is 63.6 cm³/mol. The maximum absolute atomic E-state index is 13.6. The Balaban J connectivity index is 2.93. The van der Waals surface area contributed by atoms with Gasteiger partial charge in [0.1, 0.15) is 11.6 Å². The molecule has 17 heavy (non-hydrogen) atoms. The Morgan fingerprint density at radius 1 is 1.29 bits per heavy atom. The third kappa shape index (κ3) is 3.75. The lowest BCUT2D eigenvalue weighted by Gasteiger charge is -2.23. The van der Waals surface area contributed by atoms with Crippen molar-refractivity contribution in [3.63, 3.8) is 0 Å². The first-order valence-electron chi connectivity index (χ1n) is 5.78. The number of aliphatic hydroxyl groups is 1. The van der Waals surface area contributed by atoms with E-state index in [2.05, 4.69) is 0 Å². The first-order chi connectivity index (χ1) is 7.95. The molecule has 1 rings (SSSR count). The third-order valence-electron chi connectivity index (χ3n) is 2.79. The Hall–Kier alpha value is -1.00. The fourth-order valence-electron chi connectivity index (χ4n) is 1.94. The van der Waals surface area contributed by atoms with Gasteiger partial charge in [0.15, 0.2) is 0 Å². The molecule has 0 saturated carbocycles. The zero-order valence-electron chi connectivity index (χ0n) is 10.2. The fourth-order valence-corrected chi connectivity index (χ4v) is 1.94. The van der Waals surface area contributed by atoms with Gasteiger partial charge in [0.25, 0.3) is 0 Å². The van der Waals surface area contributed by atoms with E-state index in [9.17, 15) is 13.9 Å². The molecule has 0 radical (unpaired) electrons. The number of hydrogen-bond acceptors (Lipinski definition) is 2. The summed E-state index contributed by atoms with van der Waals surface area (Å²) in [5.74, 6) is -1.47. The Morgan fingerprint density at radius 3 is 2.41 bits per heavy atom. The van der Waals surface area contributed by atoms with Crippen molar-refractivity contribution in [1.29, 1.82) is 0 Å². The Kier molecular flexibility index (Phi) is 5.02. The highest BCUT2D eigenvalue weighted by atomic mass is 19.1. The van der Waals surface area contributed by atoms with Crippen LogP contribution in [0, 0.1) is 17.6 Å². The molecule has 2 unspecified atom stereocenters. The number of aliphatic hydroxyl groups excluding tert-OH is 1. The summed E-state index contributed by atoms with van der Waals surface area (Å²) in [5, 5.41) is 9.99. The van der Waals surface area contributed by atoms with Crippen molar-refractivity contribution in [2.45, 2.75) is 32.3 Å². The van der Waals surface area contributed by atoms with E-state index in [1.165, 1.54) is 12.1 Å². The van der Waals surface area contributed by atoms with Crippen LogP contribution in [-0.2, 0) is 0 Å². The van der Waals surface area contributed by atoms with Crippen LogP contribution in [0.5, 0.6) is 0 Å². The average molecular weight is 243 g/mol. The molecule has 96 valence electrons. The van der Waals surface area contributed by atoms with Crippen molar-refractivity contribution in [2.75, 3.05) is 6.54 Å². The van der Waals surface area contributed by atoms with Gasteiger partial charge in [-0.05, 0) is 24.0 Å². The summed E-state index contributed by atoms with van der Waals surface area (Å²) in [6.45, 7) is 4.08. The molecule has 0 aromatic heterocycles. The van der Waals surface area contributed by atoms with Crippen LogP contribution in [0.3, 0.4) is 0 Å². The van der Waals surface area contributed by atoms with E-state index in [0.717, 1.165) is 6.07 Å². The van der Waals surface area contributed by atoms with E-state index in [-0.39, 0.29) is 12.1 Å². The second kappa shape index (κ2) is 6.07. The van der Waals surface area contributed by atoms with E-state index in [1.54, 1.807) is 0 Å². The third-order valence-corrected chi connectivity index (χ3v) is 2.79. The van der Waals surface area contributed by atoms with E-state index in [1.807, 2.05) is 13.8 Å².